The predicted molar refractivity (Wildman–Crippen MR) is 64.5 cm³/mol. The molecule has 0 aromatic heterocycles. The number of piperidine rings is 1. The summed E-state index contributed by atoms with van der Waals surface area (Å²) in [6, 6.07) is 4.76. The highest BCUT2D eigenvalue weighted by Gasteiger charge is 2.20. The minimum absolute atomic E-state index is 0.336. The van der Waals surface area contributed by atoms with Crippen molar-refractivity contribution in [1.82, 2.24) is 0 Å². The molecular weight excluding hydrogens is 221 g/mol. The summed E-state index contributed by atoms with van der Waals surface area (Å²) in [5.74, 6) is -0.336. The Morgan fingerprint density at radius 1 is 1.47 bits per heavy atom. The minimum Gasteiger partial charge on any atom is -0.391 e. The molecule has 1 aromatic rings. The van der Waals surface area contributed by atoms with E-state index in [1.165, 1.54) is 6.07 Å². The van der Waals surface area contributed by atoms with Crippen LogP contribution in [0.15, 0.2) is 18.2 Å². The third-order valence-corrected chi connectivity index (χ3v) is 3.19. The molecule has 0 amide bonds. The number of anilines is 1. The van der Waals surface area contributed by atoms with Crippen LogP contribution in [0.2, 0.25) is 0 Å². The fraction of sp³-hybridized carbons (Fsp3) is 0.538. The van der Waals surface area contributed by atoms with Gasteiger partial charge in [0.15, 0.2) is 0 Å². The second-order valence-electron chi connectivity index (χ2n) is 4.63. The van der Waals surface area contributed by atoms with E-state index in [4.69, 9.17) is 0 Å². The van der Waals surface area contributed by atoms with Crippen LogP contribution in [0.1, 0.15) is 31.4 Å². The lowest BCUT2D eigenvalue weighted by molar-refractivity contribution is 0.154. The summed E-state index contributed by atoms with van der Waals surface area (Å²) in [6.07, 6.45) is 0.618. The van der Waals surface area contributed by atoms with Crippen LogP contribution in [0.4, 0.5) is 10.1 Å². The Labute approximate surface area is 100 Å². The summed E-state index contributed by atoms with van der Waals surface area (Å²) in [6.45, 7) is 2.85. The zero-order valence-electron chi connectivity index (χ0n) is 9.93. The molecular formula is C13H18FNO2. The van der Waals surface area contributed by atoms with Crippen molar-refractivity contribution in [2.45, 2.75) is 32.0 Å². The highest BCUT2D eigenvalue weighted by molar-refractivity contribution is 5.50. The van der Waals surface area contributed by atoms with Gasteiger partial charge in [0, 0.05) is 13.1 Å². The van der Waals surface area contributed by atoms with Crippen molar-refractivity contribution in [2.24, 2.45) is 0 Å². The second-order valence-corrected chi connectivity index (χ2v) is 4.63. The quantitative estimate of drug-likeness (QED) is 0.827. The van der Waals surface area contributed by atoms with Crippen molar-refractivity contribution < 1.29 is 14.6 Å². The van der Waals surface area contributed by atoms with Crippen molar-refractivity contribution in [3.8, 4) is 0 Å². The number of hydrogen-bond acceptors (Lipinski definition) is 3. The largest absolute Gasteiger partial charge is 0.391 e. The normalized spacial score (nSPS) is 22.6. The van der Waals surface area contributed by atoms with Crippen LogP contribution < -0.4 is 4.90 Å². The standard InChI is InChI=1S/C13H18FNO2/c1-9(16)10-4-5-13(12(14)7-10)15-6-2-3-11(17)8-15/h4-5,7,9,11,16-17H,2-3,6,8H2,1H3/t9-,11?/m1/s1. The Morgan fingerprint density at radius 3 is 2.82 bits per heavy atom. The van der Waals surface area contributed by atoms with Crippen molar-refractivity contribution in [1.29, 1.82) is 0 Å². The van der Waals surface area contributed by atoms with Gasteiger partial charge in [-0.05, 0) is 37.5 Å². The van der Waals surface area contributed by atoms with Crippen molar-refractivity contribution in [3.63, 3.8) is 0 Å². The van der Waals surface area contributed by atoms with Crippen LogP contribution in [-0.4, -0.2) is 29.4 Å². The number of β-amino-alcohol motifs (C(OH)–C–C–N with tert-alkyl or cyclic N) is 1. The molecule has 1 fully saturated rings. The number of nitrogens with zero attached hydrogens (tertiary/aromatic N) is 1. The Hall–Kier alpha value is -1.13. The number of aliphatic hydroxyl groups excluding tert-OH is 2. The molecule has 4 heteroatoms. The van der Waals surface area contributed by atoms with Gasteiger partial charge in [0.05, 0.1) is 17.9 Å². The molecule has 2 N–H and O–H groups in total. The minimum atomic E-state index is -0.662. The Kier molecular flexibility index (Phi) is 3.64. The summed E-state index contributed by atoms with van der Waals surface area (Å²) in [5, 5.41) is 18.9. The first-order valence-corrected chi connectivity index (χ1v) is 5.98. The topological polar surface area (TPSA) is 43.7 Å². The number of rotatable bonds is 2. The van der Waals surface area contributed by atoms with Crippen LogP contribution in [0, 0.1) is 5.82 Å². The molecule has 1 aromatic carbocycles. The predicted octanol–water partition coefficient (Wildman–Crippen LogP) is 1.84. The number of aliphatic hydroxyl groups is 2. The molecule has 3 nitrogen and oxygen atoms in total. The van der Waals surface area contributed by atoms with Gasteiger partial charge >= 0.3 is 0 Å². The third-order valence-electron chi connectivity index (χ3n) is 3.19. The first-order chi connectivity index (χ1) is 8.08. The Bertz CT molecular complexity index is 395. The number of hydrogen-bond donors (Lipinski definition) is 2. The van der Waals surface area contributed by atoms with Gasteiger partial charge in [0.1, 0.15) is 5.82 Å². The molecule has 2 rings (SSSR count). The first kappa shape index (κ1) is 12.3. The first-order valence-electron chi connectivity index (χ1n) is 5.98. The third kappa shape index (κ3) is 2.76. The van der Waals surface area contributed by atoms with Gasteiger partial charge < -0.3 is 15.1 Å². The maximum absolute atomic E-state index is 13.9. The van der Waals surface area contributed by atoms with Crippen LogP contribution in [0.5, 0.6) is 0 Å². The van der Waals surface area contributed by atoms with E-state index in [0.29, 0.717) is 17.8 Å². The fourth-order valence-corrected chi connectivity index (χ4v) is 2.21. The molecule has 17 heavy (non-hydrogen) atoms. The van der Waals surface area contributed by atoms with E-state index in [9.17, 15) is 14.6 Å². The molecule has 0 spiro atoms. The lowest BCUT2D eigenvalue weighted by Gasteiger charge is -2.32. The zero-order chi connectivity index (χ0) is 12.4. The second kappa shape index (κ2) is 5.02. The van der Waals surface area contributed by atoms with E-state index >= 15 is 0 Å². The van der Waals surface area contributed by atoms with Gasteiger partial charge in [-0.3, -0.25) is 0 Å². The number of benzene rings is 1. The monoisotopic (exact) mass is 239 g/mol. The summed E-state index contributed by atoms with van der Waals surface area (Å²) < 4.78 is 13.9. The fourth-order valence-electron chi connectivity index (χ4n) is 2.21. The average molecular weight is 239 g/mol. The van der Waals surface area contributed by atoms with Gasteiger partial charge in [-0.15, -0.1) is 0 Å². The molecule has 0 radical (unpaired) electrons. The molecule has 0 saturated carbocycles. The molecule has 2 atom stereocenters. The number of halogens is 1. The lowest BCUT2D eigenvalue weighted by atomic mass is 10.1. The van der Waals surface area contributed by atoms with E-state index in [2.05, 4.69) is 0 Å². The Morgan fingerprint density at radius 2 is 2.24 bits per heavy atom. The van der Waals surface area contributed by atoms with E-state index in [0.717, 1.165) is 19.4 Å². The SMILES string of the molecule is C[C@@H](O)c1ccc(N2CCCC(O)C2)c(F)c1. The van der Waals surface area contributed by atoms with Crippen LogP contribution in [0.3, 0.4) is 0 Å². The summed E-state index contributed by atoms with van der Waals surface area (Å²) >= 11 is 0. The molecule has 0 bridgehead atoms. The van der Waals surface area contributed by atoms with E-state index in [1.54, 1.807) is 19.1 Å². The van der Waals surface area contributed by atoms with Gasteiger partial charge in [0.2, 0.25) is 0 Å². The maximum atomic E-state index is 13.9. The van der Waals surface area contributed by atoms with Gasteiger partial charge in [-0.2, -0.15) is 0 Å². The van der Waals surface area contributed by atoms with Crippen LogP contribution in [-0.2, 0) is 0 Å². The highest BCUT2D eigenvalue weighted by atomic mass is 19.1. The van der Waals surface area contributed by atoms with Crippen molar-refractivity contribution in [2.75, 3.05) is 18.0 Å². The molecule has 1 aliphatic rings. The molecule has 0 aliphatic carbocycles. The lowest BCUT2D eigenvalue weighted by Crippen LogP contribution is -2.38. The van der Waals surface area contributed by atoms with Gasteiger partial charge in [-0.25, -0.2) is 4.39 Å². The van der Waals surface area contributed by atoms with E-state index in [-0.39, 0.29) is 11.9 Å². The van der Waals surface area contributed by atoms with Crippen molar-refractivity contribution >= 4 is 5.69 Å². The van der Waals surface area contributed by atoms with Gasteiger partial charge in [0.25, 0.3) is 0 Å². The molecule has 1 saturated heterocycles. The summed E-state index contributed by atoms with van der Waals surface area (Å²) in [4.78, 5) is 1.86. The molecule has 1 aliphatic heterocycles. The maximum Gasteiger partial charge on any atom is 0.146 e. The molecule has 94 valence electrons. The molecule has 1 unspecified atom stereocenters. The highest BCUT2D eigenvalue weighted by Crippen LogP contribution is 2.26. The van der Waals surface area contributed by atoms with Crippen molar-refractivity contribution in [3.05, 3.63) is 29.6 Å². The zero-order valence-corrected chi connectivity index (χ0v) is 9.93. The van der Waals surface area contributed by atoms with Gasteiger partial charge in [-0.1, -0.05) is 6.07 Å². The summed E-state index contributed by atoms with van der Waals surface area (Å²) in [7, 11) is 0. The average Bonchev–Trinajstić information content (AvgIpc) is 2.28. The smallest absolute Gasteiger partial charge is 0.146 e. The Balaban J connectivity index is 2.21. The van der Waals surface area contributed by atoms with Crippen LogP contribution >= 0.6 is 0 Å². The van der Waals surface area contributed by atoms with E-state index in [1.807, 2.05) is 4.90 Å². The van der Waals surface area contributed by atoms with E-state index < -0.39 is 6.10 Å². The van der Waals surface area contributed by atoms with Crippen LogP contribution in [0.25, 0.3) is 0 Å². The summed E-state index contributed by atoms with van der Waals surface area (Å²) in [5.41, 5.74) is 1.08. The molecule has 1 heterocycles.